The molecule has 1 fully saturated rings. The third-order valence-electron chi connectivity index (χ3n) is 5.94. The highest BCUT2D eigenvalue weighted by Gasteiger charge is 2.40. The summed E-state index contributed by atoms with van der Waals surface area (Å²) in [4.78, 5) is 2.44. The summed E-state index contributed by atoms with van der Waals surface area (Å²) >= 11 is 0. The predicted molar refractivity (Wildman–Crippen MR) is 117 cm³/mol. The fourth-order valence-electron chi connectivity index (χ4n) is 4.57. The zero-order valence-electron chi connectivity index (χ0n) is 18.4. The minimum Gasteiger partial charge on any atom is -0.493 e. The Morgan fingerprint density at radius 1 is 1.10 bits per heavy atom. The molecule has 1 N–H and O–H groups in total. The first-order valence-electron chi connectivity index (χ1n) is 10.8. The summed E-state index contributed by atoms with van der Waals surface area (Å²) in [6, 6.07) is 14.6. The number of ether oxygens (including phenoxy) is 3. The lowest BCUT2D eigenvalue weighted by Gasteiger charge is -2.46. The lowest BCUT2D eigenvalue weighted by Crippen LogP contribution is -2.53. The quantitative estimate of drug-likeness (QED) is 0.802. The Morgan fingerprint density at radius 3 is 2.57 bits per heavy atom. The Bertz CT molecular complexity index is 861. The summed E-state index contributed by atoms with van der Waals surface area (Å²) in [6.07, 6.45) is 0.992. The van der Waals surface area contributed by atoms with Crippen LogP contribution in [0.2, 0.25) is 0 Å². The van der Waals surface area contributed by atoms with Gasteiger partial charge in [-0.2, -0.15) is 0 Å². The van der Waals surface area contributed by atoms with Crippen LogP contribution in [0.15, 0.2) is 42.5 Å². The van der Waals surface area contributed by atoms with Crippen molar-refractivity contribution in [2.75, 3.05) is 20.2 Å². The molecule has 0 saturated carbocycles. The van der Waals surface area contributed by atoms with Crippen molar-refractivity contribution in [1.29, 1.82) is 0 Å². The van der Waals surface area contributed by atoms with Crippen LogP contribution >= 0.6 is 0 Å². The maximum atomic E-state index is 10.8. The van der Waals surface area contributed by atoms with E-state index in [0.29, 0.717) is 13.0 Å². The van der Waals surface area contributed by atoms with Crippen LogP contribution < -0.4 is 9.47 Å². The van der Waals surface area contributed by atoms with Gasteiger partial charge in [-0.3, -0.25) is 4.90 Å². The molecule has 0 bridgehead atoms. The van der Waals surface area contributed by atoms with Crippen LogP contribution in [0.4, 0.5) is 0 Å². The number of methoxy groups -OCH3 is 1. The Kier molecular flexibility index (Phi) is 6.05. The highest BCUT2D eigenvalue weighted by molar-refractivity contribution is 5.50. The molecule has 5 heteroatoms. The fraction of sp³-hybridized carbons (Fsp3) is 0.520. The van der Waals surface area contributed by atoms with Crippen LogP contribution in [0.5, 0.6) is 11.5 Å². The number of nitrogens with zero attached hydrogens (tertiary/aromatic N) is 1. The van der Waals surface area contributed by atoms with E-state index in [9.17, 15) is 5.11 Å². The van der Waals surface area contributed by atoms with Crippen molar-refractivity contribution in [3.05, 3.63) is 59.2 Å². The summed E-state index contributed by atoms with van der Waals surface area (Å²) in [5, 5.41) is 10.8. The van der Waals surface area contributed by atoms with Crippen LogP contribution in [-0.4, -0.2) is 48.0 Å². The van der Waals surface area contributed by atoms with E-state index < -0.39 is 6.10 Å². The maximum Gasteiger partial charge on any atom is 0.161 e. The average molecular weight is 412 g/mol. The van der Waals surface area contributed by atoms with Crippen molar-refractivity contribution in [3.63, 3.8) is 0 Å². The van der Waals surface area contributed by atoms with E-state index in [1.807, 2.05) is 39.0 Å². The van der Waals surface area contributed by atoms with Gasteiger partial charge in [0.05, 0.1) is 24.9 Å². The molecule has 0 aromatic heterocycles. The first-order valence-corrected chi connectivity index (χ1v) is 10.8. The number of fused-ring (bicyclic) bond motifs is 3. The van der Waals surface area contributed by atoms with Gasteiger partial charge in [0.25, 0.3) is 0 Å². The highest BCUT2D eigenvalue weighted by Crippen LogP contribution is 2.42. The summed E-state index contributed by atoms with van der Waals surface area (Å²) in [5.74, 6) is 1.52. The van der Waals surface area contributed by atoms with Gasteiger partial charge < -0.3 is 19.3 Å². The molecule has 4 rings (SSSR count). The molecule has 2 aliphatic rings. The summed E-state index contributed by atoms with van der Waals surface area (Å²) in [5.41, 5.74) is 3.38. The molecule has 0 aliphatic carbocycles. The minimum absolute atomic E-state index is 0.154. The number of piperidine rings is 1. The van der Waals surface area contributed by atoms with Gasteiger partial charge in [0.15, 0.2) is 11.5 Å². The van der Waals surface area contributed by atoms with E-state index >= 15 is 0 Å². The predicted octanol–water partition coefficient (Wildman–Crippen LogP) is 4.12. The van der Waals surface area contributed by atoms with E-state index in [1.165, 1.54) is 11.1 Å². The molecule has 2 heterocycles. The standard InChI is InChI=1S/C25H33NO4/c1-25(2,3)30-24-15-26-11-10-18-12-23(29-16-17-8-6-5-7-9-17)22(28-4)13-19(18)20(26)14-21(24)27/h5-9,12-13,20-21,24,27H,10-11,14-16H2,1-4H3/t20-,21-,24-/m0/s1. The van der Waals surface area contributed by atoms with Gasteiger partial charge in [0.1, 0.15) is 6.61 Å². The Labute approximate surface area is 179 Å². The number of hydrogen-bond acceptors (Lipinski definition) is 5. The molecule has 162 valence electrons. The van der Waals surface area contributed by atoms with Crippen LogP contribution in [0.25, 0.3) is 0 Å². The van der Waals surface area contributed by atoms with Gasteiger partial charge in [-0.05, 0) is 62.4 Å². The topological polar surface area (TPSA) is 51.2 Å². The normalized spacial score (nSPS) is 24.1. The zero-order chi connectivity index (χ0) is 21.3. The molecule has 2 aliphatic heterocycles. The molecular weight excluding hydrogens is 378 g/mol. The number of benzene rings is 2. The van der Waals surface area contributed by atoms with Gasteiger partial charge in [0.2, 0.25) is 0 Å². The van der Waals surface area contributed by atoms with E-state index in [1.54, 1.807) is 7.11 Å². The molecule has 0 unspecified atom stereocenters. The molecule has 0 radical (unpaired) electrons. The second kappa shape index (κ2) is 8.58. The van der Waals surface area contributed by atoms with Gasteiger partial charge in [0, 0.05) is 19.1 Å². The van der Waals surface area contributed by atoms with Crippen LogP contribution in [0, 0.1) is 0 Å². The van der Waals surface area contributed by atoms with E-state index in [2.05, 4.69) is 29.2 Å². The Morgan fingerprint density at radius 2 is 1.87 bits per heavy atom. The van der Waals surface area contributed by atoms with Crippen LogP contribution in [0.3, 0.4) is 0 Å². The number of hydrogen-bond donors (Lipinski definition) is 1. The lowest BCUT2D eigenvalue weighted by molar-refractivity contribution is -0.149. The maximum absolute atomic E-state index is 10.8. The third-order valence-corrected chi connectivity index (χ3v) is 5.94. The largest absolute Gasteiger partial charge is 0.493 e. The summed E-state index contributed by atoms with van der Waals surface area (Å²) in [6.45, 7) is 8.34. The van der Waals surface area contributed by atoms with E-state index in [-0.39, 0.29) is 17.7 Å². The molecule has 2 aromatic rings. The zero-order valence-corrected chi connectivity index (χ0v) is 18.4. The van der Waals surface area contributed by atoms with Gasteiger partial charge in [-0.1, -0.05) is 30.3 Å². The molecule has 30 heavy (non-hydrogen) atoms. The Balaban J connectivity index is 1.53. The lowest BCUT2D eigenvalue weighted by atomic mass is 9.84. The van der Waals surface area contributed by atoms with Crippen LogP contribution in [-0.2, 0) is 17.8 Å². The SMILES string of the molecule is COc1cc2c(cc1OCc1ccccc1)CCN1C[C@H](OC(C)(C)C)[C@@H](O)C[C@@H]21. The summed E-state index contributed by atoms with van der Waals surface area (Å²) < 4.78 is 17.9. The van der Waals surface area contributed by atoms with Crippen molar-refractivity contribution >= 4 is 0 Å². The molecule has 3 atom stereocenters. The smallest absolute Gasteiger partial charge is 0.161 e. The number of aliphatic hydroxyl groups is 1. The van der Waals surface area contributed by atoms with Gasteiger partial charge in [-0.15, -0.1) is 0 Å². The summed E-state index contributed by atoms with van der Waals surface area (Å²) in [7, 11) is 1.68. The monoisotopic (exact) mass is 411 g/mol. The van der Waals surface area contributed by atoms with Crippen LogP contribution in [0.1, 0.15) is 49.9 Å². The van der Waals surface area contributed by atoms with Crippen molar-refractivity contribution in [2.45, 2.75) is 64.1 Å². The minimum atomic E-state index is -0.476. The molecule has 5 nitrogen and oxygen atoms in total. The number of aliphatic hydroxyl groups excluding tert-OH is 1. The second-order valence-corrected chi connectivity index (χ2v) is 9.31. The second-order valence-electron chi connectivity index (χ2n) is 9.31. The first kappa shape index (κ1) is 21.2. The van der Waals surface area contributed by atoms with Gasteiger partial charge in [-0.25, -0.2) is 0 Å². The molecule has 0 spiro atoms. The van der Waals surface area contributed by atoms with E-state index in [4.69, 9.17) is 14.2 Å². The third kappa shape index (κ3) is 4.64. The Hall–Kier alpha value is -2.08. The number of rotatable bonds is 5. The van der Waals surface area contributed by atoms with Crippen molar-refractivity contribution in [1.82, 2.24) is 4.90 Å². The molecule has 0 amide bonds. The van der Waals surface area contributed by atoms with Gasteiger partial charge >= 0.3 is 0 Å². The van der Waals surface area contributed by atoms with Crippen molar-refractivity contribution < 1.29 is 19.3 Å². The van der Waals surface area contributed by atoms with Crippen molar-refractivity contribution in [2.24, 2.45) is 0 Å². The first-order chi connectivity index (χ1) is 14.3. The highest BCUT2D eigenvalue weighted by atomic mass is 16.5. The molecular formula is C25H33NO4. The fourth-order valence-corrected chi connectivity index (χ4v) is 4.57. The molecule has 1 saturated heterocycles. The molecule has 2 aromatic carbocycles. The van der Waals surface area contributed by atoms with Crippen molar-refractivity contribution in [3.8, 4) is 11.5 Å². The van der Waals surface area contributed by atoms with E-state index in [0.717, 1.165) is 36.6 Å². The average Bonchev–Trinajstić information content (AvgIpc) is 2.72.